The molecular weight excluding hydrogens is 482 g/mol. The van der Waals surface area contributed by atoms with Gasteiger partial charge in [0, 0.05) is 29.9 Å². The number of hydrogen-bond donors (Lipinski definition) is 7. The molecule has 0 aliphatic carbocycles. The molecule has 0 aliphatic rings. The molecule has 2 aromatic rings. The van der Waals surface area contributed by atoms with E-state index in [0.29, 0.717) is 12.0 Å². The van der Waals surface area contributed by atoms with Gasteiger partial charge < -0.3 is 36.9 Å². The van der Waals surface area contributed by atoms with Crippen LogP contribution in [0.15, 0.2) is 30.5 Å². The number of carboxylic acids is 2. The molecule has 3 amide bonds. The number of para-hydroxylation sites is 1. The van der Waals surface area contributed by atoms with Gasteiger partial charge in [-0.25, -0.2) is 4.79 Å². The molecule has 202 valence electrons. The molecule has 4 atom stereocenters. The standard InChI is InChI=1S/C25H35N5O7/c1-13(2)10-17(26)23(34)28-14(3)22(33)30-20(11-15-12-27-18-7-5-4-6-16(15)18)24(35)29-19(25(36)37)8-9-21(31)32/h4-7,12-14,17,19-20,27H,8-11,26H2,1-3H3,(H,28,34)(H,29,35)(H,30,33)(H,31,32)(H,36,37). The van der Waals surface area contributed by atoms with E-state index < -0.39 is 60.2 Å². The van der Waals surface area contributed by atoms with E-state index in [9.17, 15) is 29.1 Å². The number of amides is 3. The van der Waals surface area contributed by atoms with Gasteiger partial charge in [0.15, 0.2) is 0 Å². The minimum atomic E-state index is -1.46. The number of carbonyl (C=O) groups excluding carboxylic acids is 3. The molecule has 1 aromatic carbocycles. The van der Waals surface area contributed by atoms with Crippen molar-refractivity contribution >= 4 is 40.6 Å². The highest BCUT2D eigenvalue weighted by Crippen LogP contribution is 2.19. The molecule has 0 fully saturated rings. The number of H-pyrrole nitrogens is 1. The van der Waals surface area contributed by atoms with Gasteiger partial charge >= 0.3 is 11.9 Å². The Morgan fingerprint density at radius 3 is 2.19 bits per heavy atom. The van der Waals surface area contributed by atoms with Crippen molar-refractivity contribution in [1.29, 1.82) is 0 Å². The van der Waals surface area contributed by atoms with Crippen molar-refractivity contribution < 1.29 is 34.2 Å². The van der Waals surface area contributed by atoms with Crippen molar-refractivity contribution in [3.63, 3.8) is 0 Å². The van der Waals surface area contributed by atoms with Gasteiger partial charge in [-0.15, -0.1) is 0 Å². The monoisotopic (exact) mass is 517 g/mol. The van der Waals surface area contributed by atoms with Crippen LogP contribution in [0, 0.1) is 5.92 Å². The Hall–Kier alpha value is -3.93. The van der Waals surface area contributed by atoms with Crippen molar-refractivity contribution in [3.8, 4) is 0 Å². The van der Waals surface area contributed by atoms with Crippen molar-refractivity contribution in [3.05, 3.63) is 36.0 Å². The lowest BCUT2D eigenvalue weighted by atomic mass is 10.0. The summed E-state index contributed by atoms with van der Waals surface area (Å²) >= 11 is 0. The Morgan fingerprint density at radius 1 is 0.919 bits per heavy atom. The lowest BCUT2D eigenvalue weighted by Gasteiger charge is -2.24. The molecule has 0 bridgehead atoms. The highest BCUT2D eigenvalue weighted by atomic mass is 16.4. The first-order valence-corrected chi connectivity index (χ1v) is 12.0. The Labute approximate surface area is 214 Å². The third kappa shape index (κ3) is 8.90. The van der Waals surface area contributed by atoms with Gasteiger partial charge in [0.05, 0.1) is 6.04 Å². The van der Waals surface area contributed by atoms with Gasteiger partial charge in [-0.05, 0) is 37.3 Å². The zero-order chi connectivity index (χ0) is 27.7. The van der Waals surface area contributed by atoms with E-state index >= 15 is 0 Å². The maximum Gasteiger partial charge on any atom is 0.326 e. The summed E-state index contributed by atoms with van der Waals surface area (Å²) in [7, 11) is 0. The number of nitrogens with two attached hydrogens (primary N) is 1. The van der Waals surface area contributed by atoms with E-state index in [0.717, 1.165) is 10.9 Å². The first-order chi connectivity index (χ1) is 17.4. The van der Waals surface area contributed by atoms with Crippen LogP contribution in [0.3, 0.4) is 0 Å². The molecule has 8 N–H and O–H groups in total. The zero-order valence-electron chi connectivity index (χ0n) is 21.1. The van der Waals surface area contributed by atoms with Gasteiger partial charge in [0.2, 0.25) is 17.7 Å². The van der Waals surface area contributed by atoms with E-state index in [2.05, 4.69) is 20.9 Å². The fourth-order valence-corrected chi connectivity index (χ4v) is 3.82. The topological polar surface area (TPSA) is 204 Å². The fraction of sp³-hybridized carbons (Fsp3) is 0.480. The molecule has 12 heteroatoms. The molecule has 4 unspecified atom stereocenters. The quantitative estimate of drug-likeness (QED) is 0.188. The largest absolute Gasteiger partial charge is 0.481 e. The number of fused-ring (bicyclic) bond motifs is 1. The van der Waals surface area contributed by atoms with Crippen molar-refractivity contribution in [1.82, 2.24) is 20.9 Å². The summed E-state index contributed by atoms with van der Waals surface area (Å²) in [4.78, 5) is 63.9. The Balaban J connectivity index is 2.21. The van der Waals surface area contributed by atoms with Crippen LogP contribution in [0.2, 0.25) is 0 Å². The van der Waals surface area contributed by atoms with Crippen LogP contribution in [0.5, 0.6) is 0 Å². The average molecular weight is 518 g/mol. The smallest absolute Gasteiger partial charge is 0.326 e. The fourth-order valence-electron chi connectivity index (χ4n) is 3.82. The molecular formula is C25H35N5O7. The lowest BCUT2D eigenvalue weighted by Crippen LogP contribution is -2.57. The predicted molar refractivity (Wildman–Crippen MR) is 135 cm³/mol. The average Bonchev–Trinajstić information content (AvgIpc) is 3.23. The molecule has 1 aromatic heterocycles. The number of carbonyl (C=O) groups is 5. The van der Waals surface area contributed by atoms with Gasteiger partial charge in [-0.1, -0.05) is 32.0 Å². The van der Waals surface area contributed by atoms with Crippen LogP contribution in [-0.2, 0) is 30.4 Å². The van der Waals surface area contributed by atoms with Gasteiger partial charge in [-0.3, -0.25) is 19.2 Å². The minimum Gasteiger partial charge on any atom is -0.481 e. The maximum atomic E-state index is 13.1. The second kappa shape index (κ2) is 13.4. The molecule has 37 heavy (non-hydrogen) atoms. The molecule has 2 rings (SSSR count). The summed E-state index contributed by atoms with van der Waals surface area (Å²) < 4.78 is 0. The zero-order valence-corrected chi connectivity index (χ0v) is 21.1. The van der Waals surface area contributed by atoms with E-state index in [1.807, 2.05) is 38.1 Å². The van der Waals surface area contributed by atoms with Crippen LogP contribution in [0.1, 0.15) is 45.6 Å². The highest BCUT2D eigenvalue weighted by molar-refractivity contribution is 5.94. The minimum absolute atomic E-state index is 0.0143. The number of hydrogen-bond acceptors (Lipinski definition) is 6. The summed E-state index contributed by atoms with van der Waals surface area (Å²) in [5.41, 5.74) is 7.39. The molecule has 0 radical (unpaired) electrons. The normalized spacial score (nSPS) is 14.4. The number of aromatic nitrogens is 1. The van der Waals surface area contributed by atoms with Crippen molar-refractivity contribution in [2.45, 2.75) is 70.6 Å². The molecule has 12 nitrogen and oxygen atoms in total. The second-order valence-electron chi connectivity index (χ2n) is 9.42. The van der Waals surface area contributed by atoms with Crippen LogP contribution < -0.4 is 21.7 Å². The van der Waals surface area contributed by atoms with E-state index in [-0.39, 0.29) is 18.8 Å². The Bertz CT molecular complexity index is 1130. The summed E-state index contributed by atoms with van der Waals surface area (Å²) in [6, 6.07) is 2.85. The van der Waals surface area contributed by atoms with Crippen LogP contribution >= 0.6 is 0 Å². The highest BCUT2D eigenvalue weighted by Gasteiger charge is 2.30. The number of carboxylic acid groups (broad SMARTS) is 2. The molecule has 0 saturated carbocycles. The number of nitrogens with one attached hydrogen (secondary N) is 4. The number of benzene rings is 1. The molecule has 0 saturated heterocycles. The first kappa shape index (κ1) is 29.3. The van der Waals surface area contributed by atoms with Crippen LogP contribution in [0.4, 0.5) is 0 Å². The number of rotatable bonds is 14. The Morgan fingerprint density at radius 2 is 1.57 bits per heavy atom. The van der Waals surface area contributed by atoms with Crippen molar-refractivity contribution in [2.75, 3.05) is 0 Å². The first-order valence-electron chi connectivity index (χ1n) is 12.0. The number of aliphatic carboxylic acids is 2. The van der Waals surface area contributed by atoms with Gasteiger partial charge in [0.25, 0.3) is 0 Å². The predicted octanol–water partition coefficient (Wildman–Crippen LogP) is 0.508. The van der Waals surface area contributed by atoms with Gasteiger partial charge in [0.1, 0.15) is 18.1 Å². The summed E-state index contributed by atoms with van der Waals surface area (Å²) in [6.07, 6.45) is 1.34. The van der Waals surface area contributed by atoms with Crippen LogP contribution in [-0.4, -0.2) is 69.0 Å². The number of aromatic amines is 1. The van der Waals surface area contributed by atoms with Crippen molar-refractivity contribution in [2.24, 2.45) is 11.7 Å². The molecule has 0 aliphatic heterocycles. The molecule has 0 spiro atoms. The maximum absolute atomic E-state index is 13.1. The lowest BCUT2D eigenvalue weighted by molar-refractivity contribution is -0.143. The summed E-state index contributed by atoms with van der Waals surface area (Å²) in [6.45, 7) is 5.28. The second-order valence-corrected chi connectivity index (χ2v) is 9.42. The van der Waals surface area contributed by atoms with E-state index in [4.69, 9.17) is 10.8 Å². The summed E-state index contributed by atoms with van der Waals surface area (Å²) in [5, 5.41) is 26.6. The van der Waals surface area contributed by atoms with E-state index in [1.54, 1.807) is 6.20 Å². The third-order valence-electron chi connectivity index (χ3n) is 5.81. The van der Waals surface area contributed by atoms with E-state index in [1.165, 1.54) is 6.92 Å². The molecule has 1 heterocycles. The van der Waals surface area contributed by atoms with Crippen LogP contribution in [0.25, 0.3) is 10.9 Å². The summed E-state index contributed by atoms with van der Waals surface area (Å²) in [5.74, 6) is -4.39. The Kier molecular flexibility index (Phi) is 10.6. The van der Waals surface area contributed by atoms with Gasteiger partial charge in [-0.2, -0.15) is 0 Å². The SMILES string of the molecule is CC(C)CC(N)C(=O)NC(C)C(=O)NC(Cc1c[nH]c2ccccc12)C(=O)NC(CCC(=O)O)C(=O)O. The third-order valence-corrected chi connectivity index (χ3v) is 5.81.